The number of likely N-dealkylation sites (tertiary alicyclic amines) is 1. The van der Waals surface area contributed by atoms with E-state index in [2.05, 4.69) is 25.7 Å². The molecular formula is C16H32N2. The molecule has 1 heterocycles. The van der Waals surface area contributed by atoms with Crippen molar-refractivity contribution in [3.8, 4) is 0 Å². The monoisotopic (exact) mass is 252 g/mol. The molecule has 1 aliphatic carbocycles. The Morgan fingerprint density at radius 3 is 2.56 bits per heavy atom. The normalized spacial score (nSPS) is 39.2. The van der Waals surface area contributed by atoms with Crippen LogP contribution in [0.1, 0.15) is 59.3 Å². The Labute approximate surface area is 113 Å². The van der Waals surface area contributed by atoms with Gasteiger partial charge in [-0.25, -0.2) is 0 Å². The Balaban J connectivity index is 2.00. The third-order valence-electron chi connectivity index (χ3n) is 5.46. The van der Waals surface area contributed by atoms with Gasteiger partial charge in [0, 0.05) is 18.6 Å². The van der Waals surface area contributed by atoms with Crippen molar-refractivity contribution < 1.29 is 0 Å². The van der Waals surface area contributed by atoms with Gasteiger partial charge in [0.05, 0.1) is 0 Å². The standard InChI is InChI=1S/C16H32N2/c1-4-13-11-18(10-9-15(13)17)16-8-6-5-7-14(16)12(2)3/h12-16H,4-11,17H2,1-3H3. The molecule has 2 fully saturated rings. The summed E-state index contributed by atoms with van der Waals surface area (Å²) in [5.41, 5.74) is 6.25. The summed E-state index contributed by atoms with van der Waals surface area (Å²) in [7, 11) is 0. The number of nitrogens with zero attached hydrogens (tertiary/aromatic N) is 1. The molecule has 4 unspecified atom stereocenters. The lowest BCUT2D eigenvalue weighted by Gasteiger charge is -2.46. The molecule has 1 aliphatic heterocycles. The van der Waals surface area contributed by atoms with Crippen LogP contribution in [0.2, 0.25) is 0 Å². The molecule has 2 nitrogen and oxygen atoms in total. The van der Waals surface area contributed by atoms with Gasteiger partial charge in [-0.05, 0) is 43.6 Å². The van der Waals surface area contributed by atoms with Gasteiger partial charge in [0.2, 0.25) is 0 Å². The third kappa shape index (κ3) is 3.08. The smallest absolute Gasteiger partial charge is 0.0126 e. The topological polar surface area (TPSA) is 29.3 Å². The quantitative estimate of drug-likeness (QED) is 0.835. The molecule has 2 N–H and O–H groups in total. The van der Waals surface area contributed by atoms with Gasteiger partial charge in [-0.1, -0.05) is 40.0 Å². The molecule has 18 heavy (non-hydrogen) atoms. The molecule has 4 atom stereocenters. The first-order chi connectivity index (χ1) is 8.63. The van der Waals surface area contributed by atoms with Gasteiger partial charge in [-0.2, -0.15) is 0 Å². The second-order valence-corrected chi connectivity index (χ2v) is 6.88. The fraction of sp³-hybridized carbons (Fsp3) is 1.00. The molecular weight excluding hydrogens is 220 g/mol. The van der Waals surface area contributed by atoms with E-state index in [1.54, 1.807) is 0 Å². The molecule has 0 aromatic rings. The van der Waals surface area contributed by atoms with Crippen LogP contribution in [0.25, 0.3) is 0 Å². The van der Waals surface area contributed by atoms with Gasteiger partial charge in [-0.3, -0.25) is 4.90 Å². The van der Waals surface area contributed by atoms with Crippen molar-refractivity contribution in [1.82, 2.24) is 4.90 Å². The van der Waals surface area contributed by atoms with Crippen molar-refractivity contribution in [1.29, 1.82) is 0 Å². The highest BCUT2D eigenvalue weighted by Gasteiger charge is 2.35. The number of hydrogen-bond donors (Lipinski definition) is 1. The molecule has 2 aliphatic rings. The zero-order valence-electron chi connectivity index (χ0n) is 12.6. The molecule has 1 saturated carbocycles. The van der Waals surface area contributed by atoms with Crippen molar-refractivity contribution in [2.24, 2.45) is 23.5 Å². The lowest BCUT2D eigenvalue weighted by Crippen LogP contribution is -2.53. The maximum Gasteiger partial charge on any atom is 0.0126 e. The average molecular weight is 252 g/mol. The van der Waals surface area contributed by atoms with E-state index in [4.69, 9.17) is 5.73 Å². The van der Waals surface area contributed by atoms with Crippen molar-refractivity contribution in [3.63, 3.8) is 0 Å². The summed E-state index contributed by atoms with van der Waals surface area (Å²) in [6, 6.07) is 1.30. The minimum Gasteiger partial charge on any atom is -0.327 e. The van der Waals surface area contributed by atoms with E-state index < -0.39 is 0 Å². The second-order valence-electron chi connectivity index (χ2n) is 6.88. The molecule has 2 heteroatoms. The fourth-order valence-corrected chi connectivity index (χ4v) is 4.18. The Hall–Kier alpha value is -0.0800. The molecule has 106 valence electrons. The van der Waals surface area contributed by atoms with Crippen molar-refractivity contribution in [2.75, 3.05) is 13.1 Å². The van der Waals surface area contributed by atoms with Crippen LogP contribution in [-0.4, -0.2) is 30.1 Å². The highest BCUT2D eigenvalue weighted by Crippen LogP contribution is 2.35. The average Bonchev–Trinajstić information content (AvgIpc) is 2.39. The highest BCUT2D eigenvalue weighted by atomic mass is 15.2. The van der Waals surface area contributed by atoms with Crippen molar-refractivity contribution in [2.45, 2.75) is 71.4 Å². The summed E-state index contributed by atoms with van der Waals surface area (Å²) in [5, 5.41) is 0. The van der Waals surface area contributed by atoms with Crippen molar-refractivity contribution in [3.05, 3.63) is 0 Å². The van der Waals surface area contributed by atoms with Crippen LogP contribution in [0, 0.1) is 17.8 Å². The van der Waals surface area contributed by atoms with Crippen LogP contribution in [0.5, 0.6) is 0 Å². The van der Waals surface area contributed by atoms with Gasteiger partial charge in [0.25, 0.3) is 0 Å². The zero-order valence-corrected chi connectivity index (χ0v) is 12.6. The molecule has 0 aromatic carbocycles. The minimum atomic E-state index is 0.451. The SMILES string of the molecule is CCC1CN(C2CCCCC2C(C)C)CCC1N. The maximum absolute atomic E-state index is 6.25. The maximum atomic E-state index is 6.25. The Morgan fingerprint density at radius 2 is 1.89 bits per heavy atom. The van der Waals surface area contributed by atoms with Crippen LogP contribution in [0.4, 0.5) is 0 Å². The van der Waals surface area contributed by atoms with Gasteiger partial charge >= 0.3 is 0 Å². The van der Waals surface area contributed by atoms with Gasteiger partial charge in [0.1, 0.15) is 0 Å². The fourth-order valence-electron chi connectivity index (χ4n) is 4.18. The summed E-state index contributed by atoms with van der Waals surface area (Å²) in [6.07, 6.45) is 8.21. The third-order valence-corrected chi connectivity index (χ3v) is 5.46. The second kappa shape index (κ2) is 6.38. The summed E-state index contributed by atoms with van der Waals surface area (Å²) in [6.45, 7) is 9.62. The van der Waals surface area contributed by atoms with E-state index in [9.17, 15) is 0 Å². The van der Waals surface area contributed by atoms with E-state index in [0.717, 1.165) is 23.8 Å². The van der Waals surface area contributed by atoms with Crippen LogP contribution < -0.4 is 5.73 Å². The van der Waals surface area contributed by atoms with Crippen molar-refractivity contribution >= 4 is 0 Å². The molecule has 0 amide bonds. The lowest BCUT2D eigenvalue weighted by atomic mass is 9.76. The van der Waals surface area contributed by atoms with E-state index in [1.807, 2.05) is 0 Å². The van der Waals surface area contributed by atoms with Crippen LogP contribution >= 0.6 is 0 Å². The summed E-state index contributed by atoms with van der Waals surface area (Å²) in [5.74, 6) is 2.49. The first kappa shape index (κ1) is 14.3. The molecule has 0 aromatic heterocycles. The number of hydrogen-bond acceptors (Lipinski definition) is 2. The molecule has 1 saturated heterocycles. The van der Waals surface area contributed by atoms with Crippen LogP contribution in [0.3, 0.4) is 0 Å². The Kier molecular flexibility index (Phi) is 5.08. The van der Waals surface area contributed by atoms with E-state index >= 15 is 0 Å². The number of rotatable bonds is 3. The molecule has 0 spiro atoms. The minimum absolute atomic E-state index is 0.451. The van der Waals surface area contributed by atoms with E-state index in [-0.39, 0.29) is 0 Å². The zero-order chi connectivity index (χ0) is 13.1. The summed E-state index contributed by atoms with van der Waals surface area (Å²) >= 11 is 0. The van der Waals surface area contributed by atoms with Crippen LogP contribution in [-0.2, 0) is 0 Å². The molecule has 0 bridgehead atoms. The predicted molar refractivity (Wildman–Crippen MR) is 78.5 cm³/mol. The van der Waals surface area contributed by atoms with Gasteiger partial charge in [-0.15, -0.1) is 0 Å². The highest BCUT2D eigenvalue weighted by molar-refractivity contribution is 4.90. The van der Waals surface area contributed by atoms with E-state index in [0.29, 0.717) is 6.04 Å². The van der Waals surface area contributed by atoms with Gasteiger partial charge < -0.3 is 5.73 Å². The Morgan fingerprint density at radius 1 is 1.17 bits per heavy atom. The number of piperidine rings is 1. The van der Waals surface area contributed by atoms with Gasteiger partial charge in [0.15, 0.2) is 0 Å². The Bertz CT molecular complexity index is 251. The predicted octanol–water partition coefficient (Wildman–Crippen LogP) is 3.26. The number of nitrogens with two attached hydrogens (primary N) is 1. The molecule has 2 rings (SSSR count). The summed E-state index contributed by atoms with van der Waals surface area (Å²) in [4.78, 5) is 2.79. The first-order valence-electron chi connectivity index (χ1n) is 8.13. The van der Waals surface area contributed by atoms with E-state index in [1.165, 1.54) is 51.6 Å². The lowest BCUT2D eigenvalue weighted by molar-refractivity contribution is 0.0366. The summed E-state index contributed by atoms with van der Waals surface area (Å²) < 4.78 is 0. The largest absolute Gasteiger partial charge is 0.327 e. The van der Waals surface area contributed by atoms with Crippen LogP contribution in [0.15, 0.2) is 0 Å². The first-order valence-corrected chi connectivity index (χ1v) is 8.13. The molecule has 0 radical (unpaired) electrons.